The van der Waals surface area contributed by atoms with Gasteiger partial charge in [-0.25, -0.2) is 9.59 Å². The van der Waals surface area contributed by atoms with Crippen molar-refractivity contribution in [3.63, 3.8) is 0 Å². The van der Waals surface area contributed by atoms with Gasteiger partial charge >= 0.3 is 18.1 Å². The van der Waals surface area contributed by atoms with E-state index in [1.807, 2.05) is 0 Å². The first-order valence-electron chi connectivity index (χ1n) is 8.31. The maximum Gasteiger partial charge on any atom is 0.423 e. The highest BCUT2D eigenvalue weighted by molar-refractivity contribution is 6.07. The molecule has 0 unspecified atom stereocenters. The van der Waals surface area contributed by atoms with Crippen LogP contribution in [0.25, 0.3) is 21.9 Å². The van der Waals surface area contributed by atoms with E-state index in [0.717, 1.165) is 6.07 Å². The van der Waals surface area contributed by atoms with Gasteiger partial charge in [0.15, 0.2) is 5.58 Å². The first-order valence-corrected chi connectivity index (χ1v) is 8.31. The van der Waals surface area contributed by atoms with E-state index in [9.17, 15) is 22.8 Å². The molecule has 0 atom stereocenters. The Morgan fingerprint density at radius 1 is 0.931 bits per heavy atom. The number of hydrogen-bond acceptors (Lipinski definition) is 5. The lowest BCUT2D eigenvalue weighted by atomic mass is 10.1. The number of hydrogen-bond donors (Lipinski definition) is 0. The fourth-order valence-electron chi connectivity index (χ4n) is 2.60. The molecule has 3 rings (SSSR count). The Hall–Kier alpha value is -3.55. The Morgan fingerprint density at radius 3 is 2.10 bits per heavy atom. The Balaban J connectivity index is 2.19. The van der Waals surface area contributed by atoms with Crippen LogP contribution < -0.4 is 9.47 Å². The summed E-state index contributed by atoms with van der Waals surface area (Å²) in [4.78, 5) is 23.4. The molecule has 0 aliphatic heterocycles. The summed E-state index contributed by atoms with van der Waals surface area (Å²) >= 11 is 0. The number of carbonyl (C=O) groups is 2. The first kappa shape index (κ1) is 20.2. The van der Waals surface area contributed by atoms with Crippen molar-refractivity contribution in [1.29, 1.82) is 0 Å². The summed E-state index contributed by atoms with van der Waals surface area (Å²) in [5.74, 6) is -2.26. The Labute approximate surface area is 163 Å². The summed E-state index contributed by atoms with van der Waals surface area (Å²) in [7, 11) is 0. The molecule has 5 nitrogen and oxygen atoms in total. The molecular weight excluding hydrogens is 389 g/mol. The Morgan fingerprint density at radius 2 is 1.52 bits per heavy atom. The van der Waals surface area contributed by atoms with E-state index in [2.05, 4.69) is 13.2 Å². The van der Waals surface area contributed by atoms with Crippen LogP contribution >= 0.6 is 0 Å². The second kappa shape index (κ2) is 7.12. The molecule has 0 bridgehead atoms. The minimum absolute atomic E-state index is 0.0493. The van der Waals surface area contributed by atoms with Crippen molar-refractivity contribution < 1.29 is 36.7 Å². The fourth-order valence-corrected chi connectivity index (χ4v) is 2.60. The van der Waals surface area contributed by atoms with Crippen molar-refractivity contribution in [3.8, 4) is 11.5 Å². The van der Waals surface area contributed by atoms with Crippen LogP contribution in [0.3, 0.4) is 0 Å². The molecule has 0 saturated heterocycles. The number of carbonyl (C=O) groups excluding carboxylic acids is 2. The van der Waals surface area contributed by atoms with Gasteiger partial charge in [-0.15, -0.1) is 0 Å². The second-order valence-electron chi connectivity index (χ2n) is 6.41. The fraction of sp³-hybridized carbons (Fsp3) is 0.143. The van der Waals surface area contributed by atoms with Gasteiger partial charge < -0.3 is 13.9 Å². The largest absolute Gasteiger partial charge is 0.455 e. The average molecular weight is 404 g/mol. The highest BCUT2D eigenvalue weighted by atomic mass is 19.4. The standard InChI is InChI=1S/C21H15F3O5/c1-10(2)19(25)27-12-5-6-13-14-7-8-15(29-20(26)11(3)4)17(21(22,23)24)18(14)28-16(13)9-12/h5-9H,1,3H2,2,4H3. The molecule has 0 spiro atoms. The molecule has 0 saturated carbocycles. The highest BCUT2D eigenvalue weighted by Gasteiger charge is 2.39. The summed E-state index contributed by atoms with van der Waals surface area (Å²) in [6.07, 6.45) is -4.85. The van der Waals surface area contributed by atoms with E-state index >= 15 is 0 Å². The van der Waals surface area contributed by atoms with E-state index in [1.165, 1.54) is 38.1 Å². The molecule has 150 valence electrons. The molecule has 0 amide bonds. The zero-order valence-electron chi connectivity index (χ0n) is 15.5. The number of esters is 2. The molecule has 1 aromatic heterocycles. The van der Waals surface area contributed by atoms with Crippen molar-refractivity contribution in [2.24, 2.45) is 0 Å². The van der Waals surface area contributed by atoms with Crippen LogP contribution in [0, 0.1) is 0 Å². The number of benzene rings is 2. The van der Waals surface area contributed by atoms with Gasteiger partial charge in [0.25, 0.3) is 0 Å². The third kappa shape index (κ3) is 3.87. The van der Waals surface area contributed by atoms with Gasteiger partial charge in [-0.1, -0.05) is 13.2 Å². The Kier molecular flexibility index (Phi) is 4.96. The van der Waals surface area contributed by atoms with Gasteiger partial charge in [0.05, 0.1) is 0 Å². The summed E-state index contributed by atoms with van der Waals surface area (Å²) in [6, 6.07) is 6.62. The molecular formula is C21H15F3O5. The van der Waals surface area contributed by atoms with Gasteiger partial charge in [-0.3, -0.25) is 0 Å². The molecule has 0 aliphatic rings. The molecule has 8 heteroatoms. The molecule has 0 radical (unpaired) electrons. The SMILES string of the molecule is C=C(C)C(=O)Oc1ccc2c(c1)oc1c(C(F)(F)F)c(OC(=O)C(=C)C)ccc12. The molecule has 2 aromatic carbocycles. The quantitative estimate of drug-likeness (QED) is 0.323. The van der Waals surface area contributed by atoms with Crippen LogP contribution in [0.4, 0.5) is 13.2 Å². The van der Waals surface area contributed by atoms with Crippen LogP contribution in [-0.2, 0) is 15.8 Å². The normalized spacial score (nSPS) is 11.5. The van der Waals surface area contributed by atoms with Gasteiger partial charge in [0.1, 0.15) is 22.6 Å². The zero-order chi connectivity index (χ0) is 21.5. The number of furan rings is 1. The summed E-state index contributed by atoms with van der Waals surface area (Å²) in [6.45, 7) is 9.61. The van der Waals surface area contributed by atoms with Crippen molar-refractivity contribution in [2.75, 3.05) is 0 Å². The molecule has 0 aliphatic carbocycles. The van der Waals surface area contributed by atoms with Crippen LogP contribution in [-0.4, -0.2) is 11.9 Å². The van der Waals surface area contributed by atoms with E-state index < -0.39 is 35.0 Å². The monoisotopic (exact) mass is 404 g/mol. The zero-order valence-corrected chi connectivity index (χ0v) is 15.5. The third-order valence-electron chi connectivity index (χ3n) is 3.97. The maximum absolute atomic E-state index is 13.7. The van der Waals surface area contributed by atoms with Crippen LogP contribution in [0.1, 0.15) is 19.4 Å². The van der Waals surface area contributed by atoms with Crippen molar-refractivity contribution in [1.82, 2.24) is 0 Å². The number of alkyl halides is 3. The summed E-state index contributed by atoms with van der Waals surface area (Å²) in [5, 5.41) is 0.540. The average Bonchev–Trinajstić information content (AvgIpc) is 2.97. The van der Waals surface area contributed by atoms with E-state index in [1.54, 1.807) is 0 Å². The van der Waals surface area contributed by atoms with Gasteiger partial charge in [0.2, 0.25) is 0 Å². The Bertz CT molecular complexity index is 1180. The summed E-state index contributed by atoms with van der Waals surface area (Å²) in [5.41, 5.74) is -1.53. The third-order valence-corrected chi connectivity index (χ3v) is 3.97. The molecule has 1 heterocycles. The van der Waals surface area contributed by atoms with E-state index in [4.69, 9.17) is 13.9 Å². The number of fused-ring (bicyclic) bond motifs is 3. The van der Waals surface area contributed by atoms with Crippen molar-refractivity contribution >= 4 is 33.9 Å². The topological polar surface area (TPSA) is 65.7 Å². The number of ether oxygens (including phenoxy) is 2. The lowest BCUT2D eigenvalue weighted by Gasteiger charge is -2.13. The van der Waals surface area contributed by atoms with Crippen molar-refractivity contribution in [2.45, 2.75) is 20.0 Å². The highest BCUT2D eigenvalue weighted by Crippen LogP contribution is 2.44. The minimum Gasteiger partial charge on any atom is -0.455 e. The lowest BCUT2D eigenvalue weighted by Crippen LogP contribution is -2.14. The predicted molar refractivity (Wildman–Crippen MR) is 99.6 cm³/mol. The maximum atomic E-state index is 13.7. The van der Waals surface area contributed by atoms with Crippen LogP contribution in [0.15, 0.2) is 59.1 Å². The molecule has 3 aromatic rings. The van der Waals surface area contributed by atoms with E-state index in [-0.39, 0.29) is 27.9 Å². The minimum atomic E-state index is -4.85. The molecule has 0 N–H and O–H groups in total. The van der Waals surface area contributed by atoms with E-state index in [0.29, 0.717) is 5.39 Å². The molecule has 29 heavy (non-hydrogen) atoms. The van der Waals surface area contributed by atoms with Gasteiger partial charge in [-0.05, 0) is 38.1 Å². The predicted octanol–water partition coefficient (Wildman–Crippen LogP) is 5.57. The first-order chi connectivity index (χ1) is 13.5. The lowest BCUT2D eigenvalue weighted by molar-refractivity contribution is -0.140. The number of rotatable bonds is 4. The van der Waals surface area contributed by atoms with Crippen LogP contribution in [0.5, 0.6) is 11.5 Å². The van der Waals surface area contributed by atoms with Crippen LogP contribution in [0.2, 0.25) is 0 Å². The summed E-state index contributed by atoms with van der Waals surface area (Å²) < 4.78 is 56.6. The molecule has 0 fully saturated rings. The smallest absolute Gasteiger partial charge is 0.423 e. The van der Waals surface area contributed by atoms with Gasteiger partial charge in [0, 0.05) is 28.0 Å². The second-order valence-corrected chi connectivity index (χ2v) is 6.41. The van der Waals surface area contributed by atoms with Gasteiger partial charge in [-0.2, -0.15) is 13.2 Å². The van der Waals surface area contributed by atoms with Crippen molar-refractivity contribution in [3.05, 3.63) is 60.2 Å². The number of halogens is 3.